The van der Waals surface area contributed by atoms with Gasteiger partial charge < -0.3 is 18.9 Å². The van der Waals surface area contributed by atoms with E-state index < -0.39 is 0 Å². The van der Waals surface area contributed by atoms with Crippen LogP contribution in [0.1, 0.15) is 43.5 Å². The summed E-state index contributed by atoms with van der Waals surface area (Å²) in [4.78, 5) is 14.3. The van der Waals surface area contributed by atoms with Crippen molar-refractivity contribution in [1.82, 2.24) is 10.1 Å². The third-order valence-corrected chi connectivity index (χ3v) is 5.10. The van der Waals surface area contributed by atoms with Gasteiger partial charge in [0.15, 0.2) is 0 Å². The lowest BCUT2D eigenvalue weighted by Gasteiger charge is -2.28. The zero-order valence-electron chi connectivity index (χ0n) is 18.2. The highest BCUT2D eigenvalue weighted by molar-refractivity contribution is 5.88. The van der Waals surface area contributed by atoms with Crippen LogP contribution >= 0.6 is 0 Å². The number of carbonyl (C=O) groups is 1. The Bertz CT molecular complexity index is 878. The molecule has 1 aliphatic heterocycles. The van der Waals surface area contributed by atoms with E-state index in [0.29, 0.717) is 32.2 Å². The first-order valence-electron chi connectivity index (χ1n) is 10.4. The van der Waals surface area contributed by atoms with Crippen molar-refractivity contribution in [3.63, 3.8) is 0 Å². The molecule has 2 aromatic rings. The monoisotopic (exact) mass is 413 g/mol. The first-order valence-corrected chi connectivity index (χ1v) is 10.4. The van der Waals surface area contributed by atoms with E-state index in [1.54, 1.807) is 0 Å². The third-order valence-electron chi connectivity index (χ3n) is 5.10. The Morgan fingerprint density at radius 3 is 2.70 bits per heavy atom. The maximum atomic E-state index is 12.5. The van der Waals surface area contributed by atoms with Crippen LogP contribution in [0.3, 0.4) is 0 Å². The van der Waals surface area contributed by atoms with Gasteiger partial charge in [0.1, 0.15) is 12.4 Å². The molecule has 2 amide bonds. The van der Waals surface area contributed by atoms with Crippen molar-refractivity contribution in [1.29, 1.82) is 0 Å². The molecule has 162 valence electrons. The summed E-state index contributed by atoms with van der Waals surface area (Å²) in [6, 6.07) is 7.91. The number of anilines is 1. The van der Waals surface area contributed by atoms with Gasteiger partial charge in [0, 0.05) is 18.7 Å². The van der Waals surface area contributed by atoms with Crippen LogP contribution in [0, 0.1) is 13.8 Å². The molecule has 7 nitrogen and oxygen atoms in total. The molecule has 1 aliphatic rings. The zero-order chi connectivity index (χ0) is 21.5. The second-order valence-electron chi connectivity index (χ2n) is 7.78. The van der Waals surface area contributed by atoms with Crippen molar-refractivity contribution in [3.05, 3.63) is 46.7 Å². The fourth-order valence-electron chi connectivity index (χ4n) is 3.22. The Kier molecular flexibility index (Phi) is 7.52. The number of ether oxygens (including phenoxy) is 2. The van der Waals surface area contributed by atoms with Gasteiger partial charge in [0.2, 0.25) is 5.88 Å². The van der Waals surface area contributed by atoms with Crippen molar-refractivity contribution in [2.75, 3.05) is 31.6 Å². The van der Waals surface area contributed by atoms with Gasteiger partial charge in [-0.15, -0.1) is 0 Å². The van der Waals surface area contributed by atoms with E-state index in [2.05, 4.69) is 22.6 Å². The lowest BCUT2D eigenvalue weighted by molar-refractivity contribution is 0.0552. The van der Waals surface area contributed by atoms with Crippen molar-refractivity contribution in [2.45, 2.75) is 46.6 Å². The Morgan fingerprint density at radius 2 is 2.03 bits per heavy atom. The normalized spacial score (nSPS) is 14.2. The highest BCUT2D eigenvalue weighted by atomic mass is 16.5. The molecule has 0 saturated carbocycles. The number of aryl methyl sites for hydroxylation is 1. The van der Waals surface area contributed by atoms with E-state index in [4.69, 9.17) is 14.0 Å². The SMILES string of the molecule is Cc1noc(NC(=O)N2CCC(=Cc3cccc(OCCOC(C)C)c3)CC2)c1C. The lowest BCUT2D eigenvalue weighted by atomic mass is 10.0. The van der Waals surface area contributed by atoms with E-state index >= 15 is 0 Å². The third kappa shape index (κ3) is 6.10. The summed E-state index contributed by atoms with van der Waals surface area (Å²) >= 11 is 0. The summed E-state index contributed by atoms with van der Waals surface area (Å²) in [6.45, 7) is 10.2. The first kappa shape index (κ1) is 21.9. The molecular formula is C23H31N3O4. The number of nitrogens with zero attached hydrogens (tertiary/aromatic N) is 2. The summed E-state index contributed by atoms with van der Waals surface area (Å²) in [7, 11) is 0. The summed E-state index contributed by atoms with van der Waals surface area (Å²) in [5.41, 5.74) is 4.08. The number of rotatable bonds is 7. The van der Waals surface area contributed by atoms with Gasteiger partial charge >= 0.3 is 6.03 Å². The fourth-order valence-corrected chi connectivity index (χ4v) is 3.22. The van der Waals surface area contributed by atoms with Gasteiger partial charge in [-0.25, -0.2) is 4.79 Å². The number of amides is 2. The number of hydrogen-bond acceptors (Lipinski definition) is 5. The summed E-state index contributed by atoms with van der Waals surface area (Å²) < 4.78 is 16.5. The minimum absolute atomic E-state index is 0.146. The molecule has 0 bridgehead atoms. The van der Waals surface area contributed by atoms with Crippen LogP contribution in [0.2, 0.25) is 0 Å². The summed E-state index contributed by atoms with van der Waals surface area (Å²) in [5.74, 6) is 1.26. The molecule has 1 fully saturated rings. The molecule has 3 rings (SSSR count). The molecule has 30 heavy (non-hydrogen) atoms. The van der Waals surface area contributed by atoms with Gasteiger partial charge in [-0.1, -0.05) is 28.9 Å². The van der Waals surface area contributed by atoms with Crippen LogP contribution in [-0.4, -0.2) is 48.5 Å². The molecular weight excluding hydrogens is 382 g/mol. The Hall–Kier alpha value is -2.80. The summed E-state index contributed by atoms with van der Waals surface area (Å²) in [6.07, 6.45) is 4.09. The minimum atomic E-state index is -0.146. The topological polar surface area (TPSA) is 76.8 Å². The molecule has 0 spiro atoms. The number of urea groups is 1. The first-order chi connectivity index (χ1) is 14.4. The molecule has 1 aromatic heterocycles. The standard InChI is InChI=1S/C23H31N3O4/c1-16(2)28-12-13-29-21-7-5-6-20(15-21)14-19-8-10-26(11-9-19)23(27)24-22-17(3)18(4)25-30-22/h5-7,14-16H,8-13H2,1-4H3,(H,24,27). The Morgan fingerprint density at radius 1 is 1.27 bits per heavy atom. The number of piperidine rings is 1. The summed E-state index contributed by atoms with van der Waals surface area (Å²) in [5, 5.41) is 6.69. The van der Waals surface area contributed by atoms with Gasteiger partial charge in [-0.3, -0.25) is 5.32 Å². The molecule has 0 atom stereocenters. The number of likely N-dealkylation sites (tertiary alicyclic amines) is 1. The van der Waals surface area contributed by atoms with Crippen molar-refractivity contribution in [3.8, 4) is 5.75 Å². The molecule has 2 heterocycles. The average molecular weight is 414 g/mol. The largest absolute Gasteiger partial charge is 0.491 e. The molecule has 1 N–H and O–H groups in total. The maximum Gasteiger partial charge on any atom is 0.324 e. The smallest absolute Gasteiger partial charge is 0.324 e. The van der Waals surface area contributed by atoms with E-state index in [1.165, 1.54) is 5.57 Å². The maximum absolute atomic E-state index is 12.5. The zero-order valence-corrected chi connectivity index (χ0v) is 18.2. The average Bonchev–Trinajstić information content (AvgIpc) is 3.04. The molecule has 0 radical (unpaired) electrons. The molecule has 0 aliphatic carbocycles. The van der Waals surface area contributed by atoms with Crippen LogP contribution in [0.15, 0.2) is 34.4 Å². The Labute approximate surface area is 178 Å². The van der Waals surface area contributed by atoms with Crippen LogP contribution in [0.25, 0.3) is 6.08 Å². The van der Waals surface area contributed by atoms with E-state index in [0.717, 1.165) is 35.4 Å². The molecule has 0 unspecified atom stereocenters. The van der Waals surface area contributed by atoms with Crippen molar-refractivity contribution in [2.24, 2.45) is 0 Å². The predicted octanol–water partition coefficient (Wildman–Crippen LogP) is 4.81. The predicted molar refractivity (Wildman–Crippen MR) is 117 cm³/mol. The second-order valence-corrected chi connectivity index (χ2v) is 7.78. The quantitative estimate of drug-likeness (QED) is 0.660. The van der Waals surface area contributed by atoms with Crippen molar-refractivity contribution < 1.29 is 18.8 Å². The molecule has 1 saturated heterocycles. The fraction of sp³-hybridized carbons (Fsp3) is 0.478. The minimum Gasteiger partial charge on any atom is -0.491 e. The highest BCUT2D eigenvalue weighted by Gasteiger charge is 2.21. The Balaban J connectivity index is 1.50. The van der Waals surface area contributed by atoms with Crippen LogP contribution in [0.4, 0.5) is 10.7 Å². The highest BCUT2D eigenvalue weighted by Crippen LogP contribution is 2.23. The number of carbonyl (C=O) groups excluding carboxylic acids is 1. The van der Waals surface area contributed by atoms with Gasteiger partial charge in [-0.2, -0.15) is 0 Å². The van der Waals surface area contributed by atoms with Gasteiger partial charge in [0.05, 0.1) is 18.4 Å². The molecule has 1 aromatic carbocycles. The van der Waals surface area contributed by atoms with Crippen LogP contribution in [0.5, 0.6) is 5.75 Å². The van der Waals surface area contributed by atoms with Crippen molar-refractivity contribution >= 4 is 18.0 Å². The van der Waals surface area contributed by atoms with E-state index in [1.807, 2.05) is 50.8 Å². The van der Waals surface area contributed by atoms with Gasteiger partial charge in [0.25, 0.3) is 0 Å². The van der Waals surface area contributed by atoms with Crippen LogP contribution in [-0.2, 0) is 4.74 Å². The van der Waals surface area contributed by atoms with E-state index in [9.17, 15) is 4.79 Å². The number of benzene rings is 1. The lowest BCUT2D eigenvalue weighted by Crippen LogP contribution is -2.39. The molecule has 7 heteroatoms. The second kappa shape index (κ2) is 10.3. The van der Waals surface area contributed by atoms with E-state index in [-0.39, 0.29) is 12.1 Å². The van der Waals surface area contributed by atoms with Crippen LogP contribution < -0.4 is 10.1 Å². The number of nitrogens with one attached hydrogen (secondary N) is 1. The number of aromatic nitrogens is 1. The van der Waals surface area contributed by atoms with Gasteiger partial charge in [-0.05, 0) is 58.2 Å². The number of hydrogen-bond donors (Lipinski definition) is 1.